The van der Waals surface area contributed by atoms with Crippen LogP contribution < -0.4 is 10.5 Å². The van der Waals surface area contributed by atoms with Crippen molar-refractivity contribution in [3.63, 3.8) is 0 Å². The maximum absolute atomic E-state index is 15.2. The highest BCUT2D eigenvalue weighted by molar-refractivity contribution is 7.90. The molecule has 3 N–H and O–H groups in total. The molecule has 0 aromatic heterocycles. The van der Waals surface area contributed by atoms with E-state index in [1.165, 1.54) is 6.08 Å². The summed E-state index contributed by atoms with van der Waals surface area (Å²) in [6, 6.07) is 0. The summed E-state index contributed by atoms with van der Waals surface area (Å²) >= 11 is -2.00. The fourth-order valence-electron chi connectivity index (χ4n) is 2.71. The first-order chi connectivity index (χ1) is 12.3. The number of halogens is 3. The third-order valence-corrected chi connectivity index (χ3v) is 5.88. The van der Waals surface area contributed by atoms with Gasteiger partial charge >= 0.3 is 5.97 Å². The van der Waals surface area contributed by atoms with Crippen LogP contribution in [0, 0.1) is 5.92 Å². The van der Waals surface area contributed by atoms with E-state index in [0.29, 0.717) is 6.42 Å². The molecule has 0 fully saturated rings. The topological polar surface area (TPSA) is 87.4 Å². The van der Waals surface area contributed by atoms with Crippen molar-refractivity contribution in [1.82, 2.24) is 4.72 Å². The minimum atomic E-state index is -3.76. The van der Waals surface area contributed by atoms with Gasteiger partial charge in [0.15, 0.2) is 5.66 Å². The van der Waals surface area contributed by atoms with E-state index in [1.54, 1.807) is 34.6 Å². The van der Waals surface area contributed by atoms with Crippen LogP contribution in [0.25, 0.3) is 0 Å². The average molecular weight is 411 g/mol. The van der Waals surface area contributed by atoms with E-state index in [0.717, 1.165) is 6.08 Å². The van der Waals surface area contributed by atoms with Crippen LogP contribution in [-0.2, 0) is 20.9 Å². The molecule has 1 aliphatic rings. The van der Waals surface area contributed by atoms with Gasteiger partial charge < -0.3 is 15.0 Å². The van der Waals surface area contributed by atoms with Crippen molar-refractivity contribution in [3.8, 4) is 0 Å². The maximum atomic E-state index is 15.2. The van der Waals surface area contributed by atoms with Crippen molar-refractivity contribution in [2.24, 2.45) is 11.7 Å². The van der Waals surface area contributed by atoms with Crippen LogP contribution in [0.4, 0.5) is 13.2 Å². The number of ether oxygens (including phenoxy) is 1. The number of nitrogens with one attached hydrogen (secondary N) is 1. The Morgan fingerprint density at radius 2 is 2.04 bits per heavy atom. The number of carbonyl (C=O) groups excluding carboxylic acids is 1. The van der Waals surface area contributed by atoms with Gasteiger partial charge in [-0.3, -0.25) is 4.79 Å². The Bertz CT molecular complexity index is 605. The smallest absolute Gasteiger partial charge is 0.305 e. The summed E-state index contributed by atoms with van der Waals surface area (Å²) in [5.41, 5.74) is 2.98. The van der Waals surface area contributed by atoms with E-state index < -0.39 is 58.3 Å². The van der Waals surface area contributed by atoms with Gasteiger partial charge in [-0.2, -0.15) is 0 Å². The third-order valence-electron chi connectivity index (χ3n) is 4.26. The van der Waals surface area contributed by atoms with E-state index in [-0.39, 0.29) is 12.2 Å². The van der Waals surface area contributed by atoms with Crippen molar-refractivity contribution >= 4 is 17.3 Å². The van der Waals surface area contributed by atoms with Crippen LogP contribution in [0.3, 0.4) is 0 Å². The molecule has 3 atom stereocenters. The number of rotatable bonds is 8. The molecule has 0 saturated carbocycles. The lowest BCUT2D eigenvalue weighted by Crippen LogP contribution is -2.70. The predicted molar refractivity (Wildman–Crippen MR) is 99.8 cm³/mol. The van der Waals surface area contributed by atoms with Crippen LogP contribution in [-0.4, -0.2) is 33.5 Å². The summed E-state index contributed by atoms with van der Waals surface area (Å²) in [6.07, 6.45) is 1.37. The molecule has 27 heavy (non-hydrogen) atoms. The molecular formula is C18H29F3N2O3S. The number of alkyl halides is 2. The number of carbonyl (C=O) groups is 1. The van der Waals surface area contributed by atoms with Gasteiger partial charge in [0.05, 0.1) is 13.0 Å². The molecule has 0 aromatic carbocycles. The molecule has 0 radical (unpaired) electrons. The van der Waals surface area contributed by atoms with Crippen LogP contribution in [0.1, 0.15) is 53.9 Å². The Hall–Kier alpha value is -1.03. The number of nitrogens with two attached hydrogens (primary N) is 1. The Morgan fingerprint density at radius 3 is 2.52 bits per heavy atom. The standard InChI is InChI=1S/C18H29F3N2O3S/c1-6-26-14(24)10-11-17(20,21)18(22,23-27(25)16(3,4)5)15-12(2)8-7-9-13(15)19/h7,9,12,23H,6,8,10-11,22H2,1-5H3/t12?,18?,27-/m1/s1. The van der Waals surface area contributed by atoms with E-state index in [4.69, 9.17) is 5.73 Å². The summed E-state index contributed by atoms with van der Waals surface area (Å²) < 4.78 is 63.5. The highest BCUT2D eigenvalue weighted by Gasteiger charge is 2.59. The van der Waals surface area contributed by atoms with Gasteiger partial charge in [-0.25, -0.2) is 13.2 Å². The molecular weight excluding hydrogens is 381 g/mol. The molecule has 0 aromatic rings. The number of hydrogen-bond donors (Lipinski definition) is 2. The maximum Gasteiger partial charge on any atom is 0.305 e. The largest absolute Gasteiger partial charge is 0.598 e. The van der Waals surface area contributed by atoms with Crippen molar-refractivity contribution in [2.75, 3.05) is 6.61 Å². The lowest BCUT2D eigenvalue weighted by Gasteiger charge is -2.43. The monoisotopic (exact) mass is 410 g/mol. The fraction of sp³-hybridized carbons (Fsp3) is 0.722. The lowest BCUT2D eigenvalue weighted by molar-refractivity contribution is -0.147. The third kappa shape index (κ3) is 5.73. The zero-order valence-corrected chi connectivity index (χ0v) is 17.2. The number of esters is 1. The second-order valence-electron chi connectivity index (χ2n) is 7.60. The van der Waals surface area contributed by atoms with Gasteiger partial charge in [-0.05, 0) is 46.1 Å². The molecule has 156 valence electrons. The zero-order valence-electron chi connectivity index (χ0n) is 16.4. The normalized spacial score (nSPS) is 21.8. The summed E-state index contributed by atoms with van der Waals surface area (Å²) in [6.45, 7) is 7.95. The highest BCUT2D eigenvalue weighted by Crippen LogP contribution is 2.43. The second kappa shape index (κ2) is 8.98. The Labute approximate surface area is 161 Å². The van der Waals surface area contributed by atoms with Crippen molar-refractivity contribution in [2.45, 2.75) is 70.2 Å². The van der Waals surface area contributed by atoms with Crippen LogP contribution in [0.5, 0.6) is 0 Å². The molecule has 2 unspecified atom stereocenters. The highest BCUT2D eigenvalue weighted by atomic mass is 32.2. The molecule has 1 rings (SSSR count). The van der Waals surface area contributed by atoms with Crippen molar-refractivity contribution < 1.29 is 27.3 Å². The summed E-state index contributed by atoms with van der Waals surface area (Å²) in [4.78, 5) is 11.5. The molecule has 9 heteroatoms. The summed E-state index contributed by atoms with van der Waals surface area (Å²) in [5.74, 6) is -6.07. The molecule has 0 spiro atoms. The minimum absolute atomic E-state index is 0.0616. The molecule has 0 bridgehead atoms. The minimum Gasteiger partial charge on any atom is -0.598 e. The van der Waals surface area contributed by atoms with Gasteiger partial charge in [-0.1, -0.05) is 13.0 Å². The van der Waals surface area contributed by atoms with Crippen LogP contribution >= 0.6 is 0 Å². The average Bonchev–Trinajstić information content (AvgIpc) is 2.52. The summed E-state index contributed by atoms with van der Waals surface area (Å²) in [5, 5.41) is 0. The van der Waals surface area contributed by atoms with Crippen LogP contribution in [0.2, 0.25) is 0 Å². The van der Waals surface area contributed by atoms with E-state index in [2.05, 4.69) is 9.46 Å². The Balaban J connectivity index is 3.32. The van der Waals surface area contributed by atoms with E-state index in [9.17, 15) is 13.7 Å². The SMILES string of the molecule is CCOC(=O)CCC(F)(F)C(N)(N[S@+]([O-])C(C)(C)C)C1=C(F)C=CCC1C. The first-order valence-electron chi connectivity index (χ1n) is 8.85. The van der Waals surface area contributed by atoms with Gasteiger partial charge in [0.1, 0.15) is 10.6 Å². The van der Waals surface area contributed by atoms with E-state index >= 15 is 8.78 Å². The molecule has 1 aliphatic carbocycles. The van der Waals surface area contributed by atoms with Gasteiger partial charge in [-0.15, -0.1) is 4.72 Å². The van der Waals surface area contributed by atoms with Crippen molar-refractivity contribution in [3.05, 3.63) is 23.6 Å². The first kappa shape index (κ1) is 24.0. The zero-order chi connectivity index (χ0) is 21.0. The Morgan fingerprint density at radius 1 is 1.44 bits per heavy atom. The number of allylic oxidation sites excluding steroid dienone is 3. The molecule has 0 heterocycles. The van der Waals surface area contributed by atoms with Gasteiger partial charge in [0.2, 0.25) is 0 Å². The molecule has 0 saturated heterocycles. The molecule has 5 nitrogen and oxygen atoms in total. The van der Waals surface area contributed by atoms with Crippen molar-refractivity contribution in [1.29, 1.82) is 0 Å². The predicted octanol–water partition coefficient (Wildman–Crippen LogP) is 3.49. The quantitative estimate of drug-likeness (QED) is 0.363. The molecule has 0 amide bonds. The lowest BCUT2D eigenvalue weighted by atomic mass is 9.80. The van der Waals surface area contributed by atoms with Gasteiger partial charge in [0, 0.05) is 23.4 Å². The molecule has 0 aliphatic heterocycles. The fourth-order valence-corrected chi connectivity index (χ4v) is 3.57. The van der Waals surface area contributed by atoms with Crippen LogP contribution in [0.15, 0.2) is 23.6 Å². The van der Waals surface area contributed by atoms with Gasteiger partial charge in [0.25, 0.3) is 5.92 Å². The second-order valence-corrected chi connectivity index (χ2v) is 9.57. The first-order valence-corrected chi connectivity index (χ1v) is 10.00. The number of hydrogen-bond acceptors (Lipinski definition) is 5. The van der Waals surface area contributed by atoms with E-state index in [1.807, 2.05) is 0 Å². The Kier molecular flexibility index (Phi) is 7.99. The summed E-state index contributed by atoms with van der Waals surface area (Å²) in [7, 11) is 0.